The fourth-order valence-corrected chi connectivity index (χ4v) is 4.59. The van der Waals surface area contributed by atoms with Gasteiger partial charge in [0.05, 0.1) is 4.90 Å². The molecule has 0 bridgehead atoms. The molecule has 9 heteroatoms. The second kappa shape index (κ2) is 8.40. The molecule has 1 atom stereocenters. The van der Waals surface area contributed by atoms with Gasteiger partial charge in [-0.05, 0) is 51.0 Å². The number of piperidine rings is 1. The SMILES string of the molecule is CCNS(=O)(=O)c1ccc(C(=O)N2CCCC(c3nncn3C(C)C)C2)cc1. The maximum Gasteiger partial charge on any atom is 0.253 e. The van der Waals surface area contributed by atoms with Crippen molar-refractivity contribution in [3.8, 4) is 0 Å². The molecular weight excluding hydrogens is 378 g/mol. The number of likely N-dealkylation sites (tertiary alicyclic amines) is 1. The summed E-state index contributed by atoms with van der Waals surface area (Å²) in [6, 6.07) is 6.37. The minimum absolute atomic E-state index is 0.0901. The molecule has 28 heavy (non-hydrogen) atoms. The summed E-state index contributed by atoms with van der Waals surface area (Å²) in [6.07, 6.45) is 3.60. The summed E-state index contributed by atoms with van der Waals surface area (Å²) in [7, 11) is -3.52. The van der Waals surface area contributed by atoms with Gasteiger partial charge in [-0.1, -0.05) is 6.92 Å². The van der Waals surface area contributed by atoms with Gasteiger partial charge in [0, 0.05) is 37.2 Å². The molecule has 1 N–H and O–H groups in total. The minimum atomic E-state index is -3.52. The van der Waals surface area contributed by atoms with E-state index in [9.17, 15) is 13.2 Å². The Labute approximate surface area is 166 Å². The van der Waals surface area contributed by atoms with E-state index < -0.39 is 10.0 Å². The first kappa shape index (κ1) is 20.5. The Bertz CT molecular complexity index is 921. The maximum absolute atomic E-state index is 12.9. The number of amides is 1. The van der Waals surface area contributed by atoms with Gasteiger partial charge in [-0.25, -0.2) is 13.1 Å². The van der Waals surface area contributed by atoms with Gasteiger partial charge in [0.1, 0.15) is 12.2 Å². The molecule has 1 amide bonds. The molecule has 1 aliphatic rings. The van der Waals surface area contributed by atoms with Crippen LogP contribution in [0.2, 0.25) is 0 Å². The first-order valence-corrected chi connectivity index (χ1v) is 11.1. The molecule has 0 radical (unpaired) electrons. The van der Waals surface area contributed by atoms with Crippen LogP contribution >= 0.6 is 0 Å². The molecule has 8 nitrogen and oxygen atoms in total. The van der Waals surface area contributed by atoms with E-state index in [1.54, 1.807) is 25.4 Å². The van der Waals surface area contributed by atoms with E-state index in [0.717, 1.165) is 18.7 Å². The second-order valence-electron chi connectivity index (χ2n) is 7.31. The van der Waals surface area contributed by atoms with Crippen LogP contribution in [0.4, 0.5) is 0 Å². The third-order valence-electron chi connectivity index (χ3n) is 4.98. The summed E-state index contributed by atoms with van der Waals surface area (Å²) in [5.74, 6) is 0.975. The van der Waals surface area contributed by atoms with E-state index in [4.69, 9.17) is 0 Å². The average molecular weight is 406 g/mol. The molecule has 0 spiro atoms. The van der Waals surface area contributed by atoms with Crippen molar-refractivity contribution in [1.29, 1.82) is 0 Å². The average Bonchev–Trinajstić information content (AvgIpc) is 3.18. The lowest BCUT2D eigenvalue weighted by Crippen LogP contribution is -2.39. The van der Waals surface area contributed by atoms with Gasteiger partial charge in [0.2, 0.25) is 10.0 Å². The third-order valence-corrected chi connectivity index (χ3v) is 6.54. The summed E-state index contributed by atoms with van der Waals surface area (Å²) >= 11 is 0. The number of hydrogen-bond donors (Lipinski definition) is 1. The topological polar surface area (TPSA) is 97.2 Å². The first-order chi connectivity index (χ1) is 13.3. The van der Waals surface area contributed by atoms with E-state index >= 15 is 0 Å². The predicted octanol–water partition coefficient (Wildman–Crippen LogP) is 2.18. The van der Waals surface area contributed by atoms with Gasteiger partial charge in [0.15, 0.2) is 0 Å². The van der Waals surface area contributed by atoms with Gasteiger partial charge in [-0.2, -0.15) is 0 Å². The largest absolute Gasteiger partial charge is 0.338 e. The number of rotatable bonds is 6. The molecular formula is C19H27N5O3S. The van der Waals surface area contributed by atoms with Crippen molar-refractivity contribution in [2.75, 3.05) is 19.6 Å². The fourth-order valence-electron chi connectivity index (χ4n) is 3.55. The Kier molecular flexibility index (Phi) is 6.14. The zero-order chi connectivity index (χ0) is 20.3. The van der Waals surface area contributed by atoms with Crippen LogP contribution in [0.5, 0.6) is 0 Å². The van der Waals surface area contributed by atoms with Crippen molar-refractivity contribution < 1.29 is 13.2 Å². The molecule has 1 unspecified atom stereocenters. The Morgan fingerprint density at radius 3 is 2.64 bits per heavy atom. The normalized spacial score (nSPS) is 17.9. The zero-order valence-electron chi connectivity index (χ0n) is 16.5. The number of benzene rings is 1. The number of nitrogens with one attached hydrogen (secondary N) is 1. The Morgan fingerprint density at radius 2 is 2.00 bits per heavy atom. The molecule has 1 aliphatic heterocycles. The van der Waals surface area contributed by atoms with Crippen LogP contribution in [-0.2, 0) is 10.0 Å². The van der Waals surface area contributed by atoms with Crippen LogP contribution in [0.15, 0.2) is 35.5 Å². The van der Waals surface area contributed by atoms with E-state index in [1.165, 1.54) is 12.1 Å². The molecule has 1 aromatic carbocycles. The third kappa shape index (κ3) is 4.25. The number of nitrogens with zero attached hydrogens (tertiary/aromatic N) is 4. The first-order valence-electron chi connectivity index (χ1n) is 9.62. The summed E-state index contributed by atoms with van der Waals surface area (Å²) in [6.45, 7) is 7.48. The standard InChI is InChI=1S/C19H27N5O3S/c1-4-21-28(26,27)17-9-7-15(8-10-17)19(25)23-11-5-6-16(12-23)18-22-20-13-24(18)14(2)3/h7-10,13-14,16,21H,4-6,11-12H2,1-3H3. The summed E-state index contributed by atoms with van der Waals surface area (Å²) in [5, 5.41) is 8.33. The maximum atomic E-state index is 12.9. The Morgan fingerprint density at radius 1 is 1.29 bits per heavy atom. The minimum Gasteiger partial charge on any atom is -0.338 e. The van der Waals surface area contributed by atoms with Crippen LogP contribution in [-0.4, -0.2) is 53.6 Å². The van der Waals surface area contributed by atoms with Crippen LogP contribution in [0.25, 0.3) is 0 Å². The van der Waals surface area contributed by atoms with Crippen molar-refractivity contribution >= 4 is 15.9 Å². The number of carbonyl (C=O) groups excluding carboxylic acids is 1. The van der Waals surface area contributed by atoms with E-state index in [1.807, 2.05) is 4.90 Å². The molecule has 152 valence electrons. The van der Waals surface area contributed by atoms with E-state index in [-0.39, 0.29) is 22.8 Å². The molecule has 1 saturated heterocycles. The van der Waals surface area contributed by atoms with Crippen molar-refractivity contribution in [3.63, 3.8) is 0 Å². The Balaban J connectivity index is 1.74. The van der Waals surface area contributed by atoms with E-state index in [2.05, 4.69) is 33.3 Å². The predicted molar refractivity (Wildman–Crippen MR) is 106 cm³/mol. The van der Waals surface area contributed by atoms with Crippen molar-refractivity contribution in [1.82, 2.24) is 24.4 Å². The summed E-state index contributed by atoms with van der Waals surface area (Å²) in [4.78, 5) is 14.9. The van der Waals surface area contributed by atoms with Crippen molar-refractivity contribution in [2.24, 2.45) is 0 Å². The van der Waals surface area contributed by atoms with Crippen LogP contribution in [0.1, 0.15) is 61.8 Å². The van der Waals surface area contributed by atoms with Crippen molar-refractivity contribution in [2.45, 2.75) is 50.5 Å². The van der Waals surface area contributed by atoms with Crippen molar-refractivity contribution in [3.05, 3.63) is 42.0 Å². The molecule has 0 aliphatic carbocycles. The monoisotopic (exact) mass is 405 g/mol. The van der Waals surface area contributed by atoms with E-state index in [0.29, 0.717) is 25.2 Å². The van der Waals surface area contributed by atoms with Crippen LogP contribution < -0.4 is 4.72 Å². The van der Waals surface area contributed by atoms with Gasteiger partial charge in [-0.3, -0.25) is 4.79 Å². The highest BCUT2D eigenvalue weighted by atomic mass is 32.2. The van der Waals surface area contributed by atoms with Gasteiger partial charge < -0.3 is 9.47 Å². The fraction of sp³-hybridized carbons (Fsp3) is 0.526. The molecule has 1 aromatic heterocycles. The highest BCUT2D eigenvalue weighted by Crippen LogP contribution is 2.28. The zero-order valence-corrected chi connectivity index (χ0v) is 17.3. The highest BCUT2D eigenvalue weighted by molar-refractivity contribution is 7.89. The summed E-state index contributed by atoms with van der Waals surface area (Å²) in [5.41, 5.74) is 0.487. The summed E-state index contributed by atoms with van der Waals surface area (Å²) < 4.78 is 28.6. The number of carbonyl (C=O) groups is 1. The van der Waals surface area contributed by atoms with Crippen LogP contribution in [0.3, 0.4) is 0 Å². The number of aromatic nitrogens is 3. The molecule has 2 aromatic rings. The molecule has 1 fully saturated rings. The molecule has 0 saturated carbocycles. The lowest BCUT2D eigenvalue weighted by atomic mass is 9.96. The smallest absolute Gasteiger partial charge is 0.253 e. The highest BCUT2D eigenvalue weighted by Gasteiger charge is 2.29. The Hall–Kier alpha value is -2.26. The lowest BCUT2D eigenvalue weighted by molar-refractivity contribution is 0.0703. The van der Waals surface area contributed by atoms with Gasteiger partial charge in [-0.15, -0.1) is 10.2 Å². The lowest BCUT2D eigenvalue weighted by Gasteiger charge is -2.32. The molecule has 2 heterocycles. The molecule has 3 rings (SSSR count). The second-order valence-corrected chi connectivity index (χ2v) is 9.07. The van der Waals surface area contributed by atoms with Gasteiger partial charge >= 0.3 is 0 Å². The number of sulfonamides is 1. The quantitative estimate of drug-likeness (QED) is 0.794. The van der Waals surface area contributed by atoms with Gasteiger partial charge in [0.25, 0.3) is 5.91 Å². The number of hydrogen-bond acceptors (Lipinski definition) is 5. The van der Waals surface area contributed by atoms with Crippen LogP contribution in [0, 0.1) is 0 Å².